The Labute approximate surface area is 155 Å². The molecule has 0 aliphatic carbocycles. The Kier molecular flexibility index (Phi) is 5.86. The van der Waals surface area contributed by atoms with Gasteiger partial charge in [0.15, 0.2) is 5.82 Å². The minimum absolute atomic E-state index is 0.283. The lowest BCUT2D eigenvalue weighted by Gasteiger charge is -2.16. The third-order valence-electron chi connectivity index (χ3n) is 4.68. The summed E-state index contributed by atoms with van der Waals surface area (Å²) in [6.45, 7) is 9.45. The second-order valence-corrected chi connectivity index (χ2v) is 7.18. The number of aromatic nitrogens is 4. The van der Waals surface area contributed by atoms with E-state index in [-0.39, 0.29) is 5.92 Å². The third kappa shape index (κ3) is 4.03. The smallest absolute Gasteiger partial charge is 0.228 e. The molecule has 1 aromatic carbocycles. The number of hydrogen-bond donors (Lipinski definition) is 0. The molecule has 0 bridgehead atoms. The maximum atomic E-state index is 5.39. The topological polar surface area (TPSA) is 56.7 Å². The van der Waals surface area contributed by atoms with Gasteiger partial charge in [-0.15, -0.1) is 0 Å². The maximum Gasteiger partial charge on any atom is 0.228 e. The van der Waals surface area contributed by atoms with Crippen LogP contribution in [0.1, 0.15) is 69.8 Å². The molecule has 0 fully saturated rings. The Morgan fingerprint density at radius 2 is 1.88 bits per heavy atom. The second-order valence-electron chi connectivity index (χ2n) is 7.18. The van der Waals surface area contributed by atoms with Gasteiger partial charge in [-0.3, -0.25) is 0 Å². The van der Waals surface area contributed by atoms with Crippen molar-refractivity contribution in [3.8, 4) is 11.3 Å². The molecule has 0 aliphatic heterocycles. The minimum Gasteiger partial charge on any atom is -0.339 e. The van der Waals surface area contributed by atoms with Crippen LogP contribution in [-0.4, -0.2) is 19.7 Å². The molecule has 0 amide bonds. The fourth-order valence-corrected chi connectivity index (χ4v) is 3.29. The molecule has 1 atom stereocenters. The molecule has 0 saturated heterocycles. The maximum absolute atomic E-state index is 5.39. The van der Waals surface area contributed by atoms with Crippen molar-refractivity contribution < 1.29 is 4.52 Å². The van der Waals surface area contributed by atoms with Gasteiger partial charge in [-0.1, -0.05) is 69.6 Å². The molecular formula is C21H28N4O. The van der Waals surface area contributed by atoms with Crippen LogP contribution in [0.25, 0.3) is 11.3 Å². The van der Waals surface area contributed by atoms with E-state index in [1.165, 1.54) is 11.3 Å². The first-order chi connectivity index (χ1) is 12.6. The fraction of sp³-hybridized carbons (Fsp3) is 0.476. The summed E-state index contributed by atoms with van der Waals surface area (Å²) in [4.78, 5) is 9.22. The fourth-order valence-electron chi connectivity index (χ4n) is 3.29. The largest absolute Gasteiger partial charge is 0.339 e. The van der Waals surface area contributed by atoms with Gasteiger partial charge >= 0.3 is 0 Å². The first-order valence-electron chi connectivity index (χ1n) is 9.53. The van der Waals surface area contributed by atoms with Crippen molar-refractivity contribution in [2.45, 2.75) is 65.3 Å². The molecule has 0 radical (unpaired) electrons. The van der Waals surface area contributed by atoms with Crippen LogP contribution in [0.5, 0.6) is 0 Å². The minimum atomic E-state index is 0.283. The first-order valence-corrected chi connectivity index (χ1v) is 9.53. The van der Waals surface area contributed by atoms with Crippen molar-refractivity contribution in [2.75, 3.05) is 0 Å². The quantitative estimate of drug-likeness (QED) is 0.559. The zero-order valence-electron chi connectivity index (χ0n) is 16.1. The van der Waals surface area contributed by atoms with E-state index in [1.54, 1.807) is 0 Å². The lowest BCUT2D eigenvalue weighted by atomic mass is 9.97. The number of benzene rings is 1. The number of nitrogens with zero attached hydrogens (tertiary/aromatic N) is 4. The van der Waals surface area contributed by atoms with Gasteiger partial charge in [0, 0.05) is 30.1 Å². The summed E-state index contributed by atoms with van der Waals surface area (Å²) < 4.78 is 7.64. The van der Waals surface area contributed by atoms with Gasteiger partial charge in [-0.2, -0.15) is 4.98 Å². The molecule has 26 heavy (non-hydrogen) atoms. The molecule has 2 aromatic heterocycles. The van der Waals surface area contributed by atoms with Crippen molar-refractivity contribution in [1.82, 2.24) is 19.7 Å². The lowest BCUT2D eigenvalue weighted by Crippen LogP contribution is -2.08. The molecule has 0 saturated carbocycles. The molecule has 0 spiro atoms. The zero-order chi connectivity index (χ0) is 18.5. The Bertz CT molecular complexity index is 820. The van der Waals surface area contributed by atoms with Gasteiger partial charge in [0.2, 0.25) is 5.89 Å². The molecular weight excluding hydrogens is 324 g/mol. The summed E-state index contributed by atoms with van der Waals surface area (Å²) in [6, 6.07) is 10.4. The normalized spacial score (nSPS) is 12.7. The molecule has 0 aliphatic rings. The van der Waals surface area contributed by atoms with Crippen molar-refractivity contribution in [1.29, 1.82) is 0 Å². The van der Waals surface area contributed by atoms with E-state index in [2.05, 4.69) is 66.7 Å². The van der Waals surface area contributed by atoms with Crippen LogP contribution in [0.2, 0.25) is 0 Å². The Hall–Kier alpha value is -2.43. The Morgan fingerprint density at radius 1 is 1.12 bits per heavy atom. The van der Waals surface area contributed by atoms with Crippen LogP contribution in [0.3, 0.4) is 0 Å². The van der Waals surface area contributed by atoms with Gasteiger partial charge < -0.3 is 9.09 Å². The van der Waals surface area contributed by atoms with Crippen molar-refractivity contribution >= 4 is 0 Å². The highest BCUT2D eigenvalue weighted by Gasteiger charge is 2.19. The van der Waals surface area contributed by atoms with E-state index < -0.39 is 0 Å². The van der Waals surface area contributed by atoms with Gasteiger partial charge in [0.05, 0.1) is 12.0 Å². The van der Waals surface area contributed by atoms with Gasteiger partial charge in [-0.25, -0.2) is 4.98 Å². The molecule has 138 valence electrons. The molecule has 3 rings (SSSR count). The third-order valence-corrected chi connectivity index (χ3v) is 4.68. The average molecular weight is 352 g/mol. The van der Waals surface area contributed by atoms with Crippen LogP contribution >= 0.6 is 0 Å². The SMILES string of the molecule is CCC[C@@H](C)c1c(-c2ccccc2)ncn1CCc1nc(C(C)C)no1. The van der Waals surface area contributed by atoms with Gasteiger partial charge in [0.1, 0.15) is 0 Å². The molecule has 0 unspecified atom stereocenters. The summed E-state index contributed by atoms with van der Waals surface area (Å²) in [7, 11) is 0. The highest BCUT2D eigenvalue weighted by Crippen LogP contribution is 2.31. The van der Waals surface area contributed by atoms with Crippen molar-refractivity contribution in [3.63, 3.8) is 0 Å². The number of aryl methyl sites for hydroxylation is 2. The van der Waals surface area contributed by atoms with E-state index in [0.29, 0.717) is 11.8 Å². The number of imidazole rings is 1. The van der Waals surface area contributed by atoms with E-state index in [0.717, 1.165) is 37.3 Å². The van der Waals surface area contributed by atoms with Crippen LogP contribution in [0.4, 0.5) is 0 Å². The zero-order valence-corrected chi connectivity index (χ0v) is 16.1. The Morgan fingerprint density at radius 3 is 2.54 bits per heavy atom. The number of hydrogen-bond acceptors (Lipinski definition) is 4. The predicted molar refractivity (Wildman–Crippen MR) is 103 cm³/mol. The summed E-state index contributed by atoms with van der Waals surface area (Å²) in [5.41, 5.74) is 3.55. The lowest BCUT2D eigenvalue weighted by molar-refractivity contribution is 0.364. The molecule has 5 heteroatoms. The van der Waals surface area contributed by atoms with Crippen LogP contribution < -0.4 is 0 Å². The van der Waals surface area contributed by atoms with Gasteiger partial charge in [-0.05, 0) is 12.3 Å². The molecule has 2 heterocycles. The van der Waals surface area contributed by atoms with E-state index >= 15 is 0 Å². The van der Waals surface area contributed by atoms with Crippen molar-refractivity contribution in [3.05, 3.63) is 54.1 Å². The molecule has 5 nitrogen and oxygen atoms in total. The van der Waals surface area contributed by atoms with Gasteiger partial charge in [0.25, 0.3) is 0 Å². The van der Waals surface area contributed by atoms with Crippen LogP contribution in [0, 0.1) is 0 Å². The monoisotopic (exact) mass is 352 g/mol. The van der Waals surface area contributed by atoms with E-state index in [9.17, 15) is 0 Å². The highest BCUT2D eigenvalue weighted by molar-refractivity contribution is 5.62. The average Bonchev–Trinajstić information content (AvgIpc) is 3.28. The van der Waals surface area contributed by atoms with Crippen LogP contribution in [-0.2, 0) is 13.0 Å². The highest BCUT2D eigenvalue weighted by atomic mass is 16.5. The summed E-state index contributed by atoms with van der Waals surface area (Å²) in [5.74, 6) is 2.20. The van der Waals surface area contributed by atoms with Crippen molar-refractivity contribution in [2.24, 2.45) is 0 Å². The Balaban J connectivity index is 1.85. The standard InChI is InChI=1S/C21H28N4O/c1-5-9-16(4)20-19(17-10-7-6-8-11-17)22-14-25(20)13-12-18-23-21(15(2)3)24-26-18/h6-8,10-11,14-16H,5,9,12-13H2,1-4H3/t16-/m1/s1. The van der Waals surface area contributed by atoms with E-state index in [1.807, 2.05) is 12.4 Å². The molecule has 0 N–H and O–H groups in total. The summed E-state index contributed by atoms with van der Waals surface area (Å²) >= 11 is 0. The first kappa shape index (κ1) is 18.4. The predicted octanol–water partition coefficient (Wildman–Crippen LogP) is 5.20. The summed E-state index contributed by atoms with van der Waals surface area (Å²) in [6.07, 6.45) is 4.96. The summed E-state index contributed by atoms with van der Waals surface area (Å²) in [5, 5.41) is 4.06. The molecule has 3 aromatic rings. The second kappa shape index (κ2) is 8.30. The van der Waals surface area contributed by atoms with E-state index in [4.69, 9.17) is 9.51 Å². The van der Waals surface area contributed by atoms with Crippen LogP contribution in [0.15, 0.2) is 41.2 Å². The number of rotatable bonds is 8.